The normalized spacial score (nSPS) is 23.8. The standard InChI is InChI=1S/2C18H33P.C17H27NO3.C15H23NO3.C7H6.CH4.2ClH.Ru/c2*1-4-10-16(11-5-1)19(17-12-6-2-7-13-17)18-14-8-3-9-15-18;1-7-9-17(10-8-2)11-14(13(3)19)18(12-17)15(20)21-16(4,5)6;1-11(17)12-9-15(7-5-6-8-15)10-16(12)13(18)19-14(2,3)4;1-7-5-3-2-4-6-7;;;;/h2*16-18H,1-15H2;7-8,14H,1-2,9-12H2,3-6H3;5-6,12H,7-10H2,1-4H3;1-6H;1H4;2*1H;/q;;;;;;;;+2/t;;14-;12-;;;;;/m..00...../s1. The van der Waals surface area contributed by atoms with Crippen molar-refractivity contribution in [2.75, 3.05) is 13.1 Å². The summed E-state index contributed by atoms with van der Waals surface area (Å²) in [4.78, 5) is 51.5. The molecule has 1 aromatic rings. The first kappa shape index (κ1) is 78.0. The summed E-state index contributed by atoms with van der Waals surface area (Å²) in [5, 5.41) is 0. The van der Waals surface area contributed by atoms with Gasteiger partial charge in [-0.25, -0.2) is 9.59 Å². The molecule has 89 heavy (non-hydrogen) atoms. The van der Waals surface area contributed by atoms with E-state index < -0.39 is 36.9 Å². The molecule has 9 aliphatic rings. The maximum atomic E-state index is 12.4. The summed E-state index contributed by atoms with van der Waals surface area (Å²) in [5.74, 6) is 0.0468. The summed E-state index contributed by atoms with van der Waals surface area (Å²) in [5.41, 5.74) is 7.29. The van der Waals surface area contributed by atoms with E-state index in [1.165, 1.54) is 40.9 Å². The van der Waals surface area contributed by atoms with Crippen LogP contribution in [0.15, 0.2) is 67.8 Å². The molecule has 0 unspecified atom stereocenters. The molecule has 6 saturated carbocycles. The molecule has 2 heterocycles. The molecule has 2 aliphatic heterocycles. The molecule has 0 radical (unpaired) electrons. The molecule has 2 atom stereocenters. The molecule has 8 fully saturated rings. The van der Waals surface area contributed by atoms with E-state index in [0.717, 1.165) is 37.7 Å². The third-order valence-corrected chi connectivity index (χ3v) is 32.1. The number of benzene rings is 1. The predicted octanol–water partition coefficient (Wildman–Crippen LogP) is 22.4. The van der Waals surface area contributed by atoms with E-state index >= 15 is 0 Å². The van der Waals surface area contributed by atoms with Crippen molar-refractivity contribution < 1.29 is 42.2 Å². The Labute approximate surface area is 560 Å². The number of nitrogens with zero attached hydrogens (tertiary/aromatic N) is 2. The second-order valence-corrected chi connectivity index (χ2v) is 43.1. The van der Waals surface area contributed by atoms with Crippen molar-refractivity contribution >= 4 is 63.6 Å². The molecule has 8 nitrogen and oxygen atoms in total. The molecule has 10 rings (SSSR count). The van der Waals surface area contributed by atoms with Crippen molar-refractivity contribution in [3.63, 3.8) is 0 Å². The zero-order chi connectivity index (χ0) is 63.7. The number of carbonyl (C=O) groups is 4. The Balaban J connectivity index is 0.000000205. The topological polar surface area (TPSA) is 93.2 Å². The molecule has 2 saturated heterocycles. The van der Waals surface area contributed by atoms with Gasteiger partial charge < -0.3 is 9.47 Å². The van der Waals surface area contributed by atoms with Gasteiger partial charge in [0.05, 0.1) is 46.0 Å². The van der Waals surface area contributed by atoms with Crippen LogP contribution in [0.4, 0.5) is 9.59 Å². The Morgan fingerprint density at radius 3 is 1.10 bits per heavy atom. The number of Topliss-reactive ketones (excluding diaryl/α,β-unsaturated/α-hetero) is 2. The van der Waals surface area contributed by atoms with Crippen molar-refractivity contribution in [2.24, 2.45) is 10.8 Å². The molecule has 2 amide bonds. The number of rotatable bonds is 13. The Morgan fingerprint density at radius 2 is 0.820 bits per heavy atom. The third-order valence-electron chi connectivity index (χ3n) is 21.1. The second kappa shape index (κ2) is 39.3. The van der Waals surface area contributed by atoms with Gasteiger partial charge in [0, 0.05) is 28.9 Å². The average Bonchev–Trinajstić information content (AvgIpc) is 2.65. The van der Waals surface area contributed by atoms with Crippen LogP contribution in [-0.4, -0.2) is 108 Å². The van der Waals surface area contributed by atoms with Crippen molar-refractivity contribution in [1.29, 1.82) is 0 Å². The number of halogens is 2. The minimum absolute atomic E-state index is 0. The fourth-order valence-corrected chi connectivity index (χ4v) is 29.4. The van der Waals surface area contributed by atoms with Gasteiger partial charge in [-0.3, -0.25) is 19.4 Å². The molecule has 1 spiro atoms. The fraction of sp³-hybridized carbons (Fsp3) is 0.776. The van der Waals surface area contributed by atoms with Crippen LogP contribution in [-0.2, 0) is 32.6 Å². The van der Waals surface area contributed by atoms with E-state index in [1.54, 1.807) is 209 Å². The van der Waals surface area contributed by atoms with Crippen LogP contribution in [0.2, 0.25) is 0 Å². The monoisotopic (exact) mass is 1400 g/mol. The van der Waals surface area contributed by atoms with Crippen molar-refractivity contribution in [1.82, 2.24) is 9.80 Å². The molecule has 7 aliphatic carbocycles. The van der Waals surface area contributed by atoms with Gasteiger partial charge in [-0.15, -0.1) is 13.2 Å². The van der Waals surface area contributed by atoms with Crippen LogP contribution in [0, 0.1) is 10.8 Å². The van der Waals surface area contributed by atoms with Crippen LogP contribution < -0.4 is 0 Å². The van der Waals surface area contributed by atoms with Gasteiger partial charge in [-0.1, -0.05) is 70.3 Å². The SMILES string of the molecule is C.C1CCC([PH+](C2CCCCC2)C2CCCCC2)CC1.C1CCC([PH+](C2CCCCC2)C2CCCCC2)CC1.C=CCC1(CC=C)C[C@@H](C(C)=O)N(C(=O)OC(C)(C)C)C1.CC(=O)[C@@H]1CC2(CC=CC2)CN1C(=O)OC(C)(C)C.[Cl][Ru]([Cl])=[CH]c1ccccc1. The first-order valence-electron chi connectivity index (χ1n) is 35.5. The summed E-state index contributed by atoms with van der Waals surface area (Å²) >= 11 is -1.61. The summed E-state index contributed by atoms with van der Waals surface area (Å²) in [6, 6.07) is 9.15. The summed E-state index contributed by atoms with van der Waals surface area (Å²) < 4.78 is 12.8. The number of likely N-dealkylation sites (tertiary alicyclic amines) is 2. The van der Waals surface area contributed by atoms with Crippen LogP contribution in [0.3, 0.4) is 0 Å². The van der Waals surface area contributed by atoms with E-state index in [9.17, 15) is 19.2 Å². The van der Waals surface area contributed by atoms with Crippen LogP contribution in [0.25, 0.3) is 0 Å². The Kier molecular flexibility index (Phi) is 34.4. The predicted molar refractivity (Wildman–Crippen MR) is 385 cm³/mol. The van der Waals surface area contributed by atoms with E-state index in [-0.39, 0.29) is 57.8 Å². The first-order chi connectivity index (χ1) is 42.1. The van der Waals surface area contributed by atoms with Gasteiger partial charge in [0.25, 0.3) is 0 Å². The second-order valence-electron chi connectivity index (χ2n) is 30.5. The summed E-state index contributed by atoms with van der Waals surface area (Å²) in [6.07, 6.45) is 59.6. The molecule has 1 aromatic carbocycles. The minimum atomic E-state index is -1.61. The van der Waals surface area contributed by atoms with Crippen molar-refractivity contribution in [3.05, 3.63) is 73.4 Å². The van der Waals surface area contributed by atoms with Gasteiger partial charge in [-0.05, 0) is 259 Å². The molecule has 13 heteroatoms. The molecule has 0 N–H and O–H groups in total. The number of carbonyl (C=O) groups excluding carboxylic acids is 4. The third kappa shape index (κ3) is 26.1. The number of hydrogen-bond donors (Lipinski definition) is 0. The van der Waals surface area contributed by atoms with E-state index in [4.69, 9.17) is 28.9 Å². The number of ketones is 2. The van der Waals surface area contributed by atoms with Gasteiger partial charge in [-0.2, -0.15) is 0 Å². The van der Waals surface area contributed by atoms with E-state index in [2.05, 4.69) is 25.3 Å². The number of allylic oxidation sites excluding steroid dienone is 4. The van der Waals surface area contributed by atoms with Gasteiger partial charge in [0.2, 0.25) is 0 Å². The zero-order valence-electron chi connectivity index (χ0n) is 56.6. The zero-order valence-corrected chi connectivity index (χ0v) is 61.9. The van der Waals surface area contributed by atoms with Crippen LogP contribution >= 0.6 is 35.2 Å². The summed E-state index contributed by atoms with van der Waals surface area (Å²) in [6.45, 7) is 22.8. The number of amides is 2. The quantitative estimate of drug-likeness (QED) is 0.111. The Hall–Kier alpha value is -1.75. The van der Waals surface area contributed by atoms with Crippen LogP contribution in [0.5, 0.6) is 0 Å². The summed E-state index contributed by atoms with van der Waals surface area (Å²) in [7, 11) is 11.2. The maximum absolute atomic E-state index is 12.4. The molecule has 0 bridgehead atoms. The van der Waals surface area contributed by atoms with E-state index in [0.29, 0.717) is 19.5 Å². The first-order valence-corrected chi connectivity index (χ1v) is 44.5. The molecular weight excluding hydrogens is 1270 g/mol. The van der Waals surface area contributed by atoms with Gasteiger partial charge in [0.15, 0.2) is 11.6 Å². The van der Waals surface area contributed by atoms with E-state index in [1.807, 2.05) is 88.6 Å². The number of hydrogen-bond acceptors (Lipinski definition) is 6. The van der Waals surface area contributed by atoms with Crippen LogP contribution in [0.1, 0.15) is 300 Å². The molecular formula is C76H128Cl2N2O6P2Ru+2. The van der Waals surface area contributed by atoms with Gasteiger partial charge in [0.1, 0.15) is 11.2 Å². The van der Waals surface area contributed by atoms with Gasteiger partial charge >= 0.3 is 85.6 Å². The van der Waals surface area contributed by atoms with Crippen molar-refractivity contribution in [3.8, 4) is 0 Å². The Morgan fingerprint density at radius 1 is 0.517 bits per heavy atom. The fourth-order valence-electron chi connectivity index (χ4n) is 17.1. The number of ether oxygens (including phenoxy) is 2. The van der Waals surface area contributed by atoms with Crippen molar-refractivity contribution in [2.45, 2.75) is 351 Å². The molecule has 0 aromatic heterocycles. The molecule has 508 valence electrons. The Bertz CT molecular complexity index is 2170. The average molecular weight is 1400 g/mol.